The van der Waals surface area contributed by atoms with Gasteiger partial charge in [-0.25, -0.2) is 9.97 Å². The molecule has 1 N–H and O–H groups in total. The second-order valence-electron chi connectivity index (χ2n) is 6.61. The van der Waals surface area contributed by atoms with E-state index in [2.05, 4.69) is 38.0 Å². The van der Waals surface area contributed by atoms with Crippen LogP contribution < -0.4 is 4.90 Å². The first-order valence-electron chi connectivity index (χ1n) is 8.11. The Bertz CT molecular complexity index is 663. The molecule has 22 heavy (non-hydrogen) atoms. The maximum absolute atomic E-state index is 10.3. The predicted octanol–water partition coefficient (Wildman–Crippen LogP) is 1.67. The van der Waals surface area contributed by atoms with Crippen molar-refractivity contribution in [3.63, 3.8) is 0 Å². The molecular weight excluding hydrogens is 276 g/mol. The van der Waals surface area contributed by atoms with Crippen molar-refractivity contribution in [1.29, 1.82) is 0 Å². The van der Waals surface area contributed by atoms with Crippen LogP contribution in [-0.4, -0.2) is 58.3 Å². The fourth-order valence-electron chi connectivity index (χ4n) is 3.49. The first-order valence-corrected chi connectivity index (χ1v) is 8.11. The highest BCUT2D eigenvalue weighted by Crippen LogP contribution is 2.32. The number of hydrogen-bond acceptors (Lipinski definition) is 5. The van der Waals surface area contributed by atoms with Crippen molar-refractivity contribution in [3.8, 4) is 0 Å². The Morgan fingerprint density at radius 3 is 2.68 bits per heavy atom. The summed E-state index contributed by atoms with van der Waals surface area (Å²) < 4.78 is 0. The molecule has 1 aliphatic heterocycles. The Balaban J connectivity index is 1.41. The molecule has 2 aromatic rings. The third-order valence-electron chi connectivity index (χ3n) is 5.03. The lowest BCUT2D eigenvalue weighted by Crippen LogP contribution is -2.54. The van der Waals surface area contributed by atoms with Gasteiger partial charge in [-0.2, -0.15) is 0 Å². The predicted molar refractivity (Wildman–Crippen MR) is 87.0 cm³/mol. The highest BCUT2D eigenvalue weighted by atomic mass is 16.3. The highest BCUT2D eigenvalue weighted by molar-refractivity contribution is 5.81. The van der Waals surface area contributed by atoms with E-state index in [0.29, 0.717) is 0 Å². The summed E-state index contributed by atoms with van der Waals surface area (Å²) in [6, 6.07) is 6.38. The van der Waals surface area contributed by atoms with Gasteiger partial charge in [0.1, 0.15) is 6.33 Å². The van der Waals surface area contributed by atoms with Crippen molar-refractivity contribution in [2.45, 2.75) is 24.9 Å². The lowest BCUT2D eigenvalue weighted by atomic mass is 9.80. The second-order valence-corrected chi connectivity index (χ2v) is 6.61. The lowest BCUT2D eigenvalue weighted by Gasteiger charge is -2.44. The van der Waals surface area contributed by atoms with Crippen molar-refractivity contribution >= 4 is 16.6 Å². The van der Waals surface area contributed by atoms with E-state index >= 15 is 0 Å². The number of benzene rings is 1. The Morgan fingerprint density at radius 2 is 1.95 bits per heavy atom. The van der Waals surface area contributed by atoms with Crippen molar-refractivity contribution in [1.82, 2.24) is 14.9 Å². The SMILES string of the molecule is OC1(CN2CCN(c3ccc4ncncc4c3)CC2)CCC1. The van der Waals surface area contributed by atoms with E-state index in [1.807, 2.05) is 6.20 Å². The van der Waals surface area contributed by atoms with E-state index in [9.17, 15) is 5.11 Å². The number of aromatic nitrogens is 2. The number of aliphatic hydroxyl groups is 1. The molecule has 1 aromatic carbocycles. The standard InChI is InChI=1S/C17H22N4O/c22-17(4-1-5-17)12-20-6-8-21(9-7-20)15-2-3-16-14(10-15)11-18-13-19-16/h2-3,10-11,13,22H,1,4-9,12H2. The number of β-amino-alcohol motifs (C(OH)–C–C–N with tert-alkyl or cyclic N) is 1. The van der Waals surface area contributed by atoms with Crippen LogP contribution in [0.3, 0.4) is 0 Å². The van der Waals surface area contributed by atoms with Crippen LogP contribution in [0.2, 0.25) is 0 Å². The molecule has 1 aromatic heterocycles. The summed E-state index contributed by atoms with van der Waals surface area (Å²) in [6.07, 6.45) is 6.57. The van der Waals surface area contributed by atoms with Gasteiger partial charge in [0.15, 0.2) is 0 Å². The van der Waals surface area contributed by atoms with Crippen LogP contribution in [0.5, 0.6) is 0 Å². The van der Waals surface area contributed by atoms with E-state index in [1.165, 1.54) is 12.1 Å². The zero-order valence-electron chi connectivity index (χ0n) is 12.8. The summed E-state index contributed by atoms with van der Waals surface area (Å²) in [5.41, 5.74) is 1.83. The molecule has 1 aliphatic carbocycles. The van der Waals surface area contributed by atoms with Gasteiger partial charge < -0.3 is 10.0 Å². The molecular formula is C17H22N4O. The van der Waals surface area contributed by atoms with Crippen LogP contribution >= 0.6 is 0 Å². The van der Waals surface area contributed by atoms with Gasteiger partial charge in [-0.3, -0.25) is 4.90 Å². The van der Waals surface area contributed by atoms with Crippen molar-refractivity contribution < 1.29 is 5.11 Å². The topological polar surface area (TPSA) is 52.5 Å². The summed E-state index contributed by atoms with van der Waals surface area (Å²) in [5.74, 6) is 0. The van der Waals surface area contributed by atoms with Crippen molar-refractivity contribution in [2.24, 2.45) is 0 Å². The van der Waals surface area contributed by atoms with Gasteiger partial charge in [0.25, 0.3) is 0 Å². The fourth-order valence-corrected chi connectivity index (χ4v) is 3.49. The minimum Gasteiger partial charge on any atom is -0.389 e. The molecule has 0 radical (unpaired) electrons. The molecule has 0 bridgehead atoms. The molecule has 2 fully saturated rings. The van der Waals surface area contributed by atoms with Gasteiger partial charge in [0, 0.05) is 50.0 Å². The minimum absolute atomic E-state index is 0.400. The van der Waals surface area contributed by atoms with Gasteiger partial charge in [-0.05, 0) is 37.5 Å². The Hall–Kier alpha value is -1.72. The minimum atomic E-state index is -0.400. The quantitative estimate of drug-likeness (QED) is 0.934. The number of nitrogens with zero attached hydrogens (tertiary/aromatic N) is 4. The Labute approximate surface area is 130 Å². The number of rotatable bonds is 3. The molecule has 2 heterocycles. The van der Waals surface area contributed by atoms with Gasteiger partial charge in [0.2, 0.25) is 0 Å². The lowest BCUT2D eigenvalue weighted by molar-refractivity contribution is -0.0594. The molecule has 1 saturated heterocycles. The Morgan fingerprint density at radius 1 is 1.14 bits per heavy atom. The molecule has 0 atom stereocenters. The Kier molecular flexibility index (Phi) is 3.47. The molecule has 0 amide bonds. The zero-order chi connectivity index (χ0) is 15.0. The third-order valence-corrected chi connectivity index (χ3v) is 5.03. The van der Waals surface area contributed by atoms with Gasteiger partial charge >= 0.3 is 0 Å². The number of hydrogen-bond donors (Lipinski definition) is 1. The monoisotopic (exact) mass is 298 g/mol. The first kappa shape index (κ1) is 13.9. The maximum atomic E-state index is 10.3. The van der Waals surface area contributed by atoms with E-state index in [-0.39, 0.29) is 0 Å². The highest BCUT2D eigenvalue weighted by Gasteiger charge is 2.36. The van der Waals surface area contributed by atoms with Crippen LogP contribution in [0.4, 0.5) is 5.69 Å². The summed E-state index contributed by atoms with van der Waals surface area (Å²) >= 11 is 0. The van der Waals surface area contributed by atoms with Crippen LogP contribution in [0, 0.1) is 0 Å². The molecule has 5 heteroatoms. The second kappa shape index (κ2) is 5.48. The smallest absolute Gasteiger partial charge is 0.116 e. The molecule has 2 aliphatic rings. The first-order chi connectivity index (χ1) is 10.7. The summed E-state index contributed by atoms with van der Waals surface area (Å²) in [4.78, 5) is 13.2. The third kappa shape index (κ3) is 2.66. The summed E-state index contributed by atoms with van der Waals surface area (Å²) in [6.45, 7) is 4.90. The fraction of sp³-hybridized carbons (Fsp3) is 0.529. The van der Waals surface area contributed by atoms with Crippen LogP contribution in [0.25, 0.3) is 10.9 Å². The summed E-state index contributed by atoms with van der Waals surface area (Å²) in [5, 5.41) is 11.4. The van der Waals surface area contributed by atoms with Crippen LogP contribution in [0.15, 0.2) is 30.7 Å². The number of piperazine rings is 1. The van der Waals surface area contributed by atoms with Crippen LogP contribution in [-0.2, 0) is 0 Å². The van der Waals surface area contributed by atoms with Gasteiger partial charge in [-0.1, -0.05) is 0 Å². The molecule has 5 nitrogen and oxygen atoms in total. The van der Waals surface area contributed by atoms with Crippen LogP contribution in [0.1, 0.15) is 19.3 Å². The molecule has 0 spiro atoms. The average Bonchev–Trinajstić information content (AvgIpc) is 2.54. The number of anilines is 1. The van der Waals surface area contributed by atoms with E-state index in [0.717, 1.165) is 56.5 Å². The molecule has 0 unspecified atom stereocenters. The van der Waals surface area contributed by atoms with E-state index < -0.39 is 5.60 Å². The molecule has 4 rings (SSSR count). The van der Waals surface area contributed by atoms with Crippen molar-refractivity contribution in [3.05, 3.63) is 30.7 Å². The van der Waals surface area contributed by atoms with E-state index in [1.54, 1.807) is 6.33 Å². The van der Waals surface area contributed by atoms with Gasteiger partial charge in [0.05, 0.1) is 11.1 Å². The molecule has 1 saturated carbocycles. The van der Waals surface area contributed by atoms with Crippen molar-refractivity contribution in [2.75, 3.05) is 37.6 Å². The zero-order valence-corrected chi connectivity index (χ0v) is 12.8. The average molecular weight is 298 g/mol. The normalized spacial score (nSPS) is 21.8. The van der Waals surface area contributed by atoms with E-state index in [4.69, 9.17) is 0 Å². The largest absolute Gasteiger partial charge is 0.389 e. The number of fused-ring (bicyclic) bond motifs is 1. The maximum Gasteiger partial charge on any atom is 0.116 e. The van der Waals surface area contributed by atoms with Gasteiger partial charge in [-0.15, -0.1) is 0 Å². The molecule has 116 valence electrons. The summed E-state index contributed by atoms with van der Waals surface area (Å²) in [7, 11) is 0.